The minimum Gasteiger partial charge on any atom is -0.512 e. The molecule has 0 amide bonds. The van der Waals surface area contributed by atoms with Crippen LogP contribution >= 0.6 is 0 Å². The molecule has 675 valence electrons. The van der Waals surface area contributed by atoms with Gasteiger partial charge in [0.2, 0.25) is 0 Å². The molecule has 3 radical (unpaired) electrons. The Bertz CT molecular complexity index is 2700. The van der Waals surface area contributed by atoms with Crippen molar-refractivity contribution < 1.29 is 34.4 Å². The van der Waals surface area contributed by atoms with Gasteiger partial charge in [-0.3, -0.25) is 4.79 Å². The second-order valence-corrected chi connectivity index (χ2v) is 47.1. The van der Waals surface area contributed by atoms with Gasteiger partial charge in [-0.15, -0.1) is 0 Å². The Morgan fingerprint density at radius 1 is 0.347 bits per heavy atom. The SMILES string of the molecule is CC(C)CCCC(C)[C@H]1CCC2C3CC[C@H]4C[C@@H](NCCCNCCCCNCCCN)CC[C@]4(C)C3CC[C@@]21C.CC(C)CCCC(C)[C@H]1CCC2C3CC[C@H]4C[C@H](NCCCNCCCCNCCCN)CC[C@]4(C)C3CC[C@@]21C.CC(C)CCCC(C)[C@H]1CCC2CC3C(CCC4C3CC[C@H]3CC(=O)CC[C@]43C)C[C@@]21C.[B].[C-]#N.[Na+]. The number of hydrogen-bond acceptors (Lipinski definition) is 10. The molecule has 0 saturated heterocycles. The number of nitrogens with zero attached hydrogens (tertiary/aromatic N) is 1. The van der Waals surface area contributed by atoms with Gasteiger partial charge in [-0.25, -0.2) is 0 Å². The van der Waals surface area contributed by atoms with E-state index in [1.54, 1.807) is 38.5 Å². The second-order valence-electron chi connectivity index (χ2n) is 47.1. The fraction of sp³-hybridized carbons (Fsp3) is 0.981. The number of rotatable bonds is 41. The summed E-state index contributed by atoms with van der Waals surface area (Å²) in [7, 11) is 0. The third-order valence-electron chi connectivity index (χ3n) is 39.2. The number of ketones is 1. The van der Waals surface area contributed by atoms with Crippen LogP contribution in [0.2, 0.25) is 0 Å². The summed E-state index contributed by atoms with van der Waals surface area (Å²) >= 11 is 0. The molecule has 13 saturated carbocycles. The number of Topliss-reactive ketones (excluding diaryl/α,β-unsaturated/α-hetero) is 1. The van der Waals surface area contributed by atoms with E-state index in [0.29, 0.717) is 44.2 Å². The van der Waals surface area contributed by atoms with Gasteiger partial charge in [0.25, 0.3) is 0 Å². The molecule has 13 rings (SSSR count). The van der Waals surface area contributed by atoms with Crippen LogP contribution in [-0.4, -0.2) is 105 Å². The van der Waals surface area contributed by atoms with Gasteiger partial charge in [0.15, 0.2) is 0 Å². The quantitative estimate of drug-likeness (QED) is 0.0168. The Kier molecular flexibility index (Phi) is 43.4. The topological polar surface area (TPSA) is 165 Å². The number of fused-ring (bicyclic) bond motifs is 16. The van der Waals surface area contributed by atoms with Gasteiger partial charge in [-0.1, -0.05) is 162 Å². The predicted octanol–water partition coefficient (Wildman–Crippen LogP) is 21.0. The van der Waals surface area contributed by atoms with Crippen LogP contribution in [0.25, 0.3) is 0 Å². The third kappa shape index (κ3) is 25.7. The first kappa shape index (κ1) is 103. The van der Waals surface area contributed by atoms with Crippen molar-refractivity contribution >= 4 is 14.2 Å². The van der Waals surface area contributed by atoms with Crippen molar-refractivity contribution in [2.75, 3.05) is 78.5 Å². The van der Waals surface area contributed by atoms with E-state index in [1.165, 1.54) is 244 Å². The zero-order valence-corrected chi connectivity index (χ0v) is 83.0. The number of carbonyl (C=O) groups is 1. The molecular weight excluding hydrogens is 1450 g/mol. The summed E-state index contributed by atoms with van der Waals surface area (Å²) in [6.45, 7) is 56.3. The van der Waals surface area contributed by atoms with Gasteiger partial charge in [0, 0.05) is 33.3 Å². The van der Waals surface area contributed by atoms with Crippen LogP contribution in [-0.2, 0) is 4.79 Å². The second kappa shape index (κ2) is 49.6. The van der Waals surface area contributed by atoms with E-state index in [1.807, 2.05) is 0 Å². The minimum absolute atomic E-state index is 0. The molecule has 13 fully saturated rings. The fourth-order valence-corrected chi connectivity index (χ4v) is 32.7. The molecule has 0 aromatic rings. The molecule has 0 heterocycles. The Labute approximate surface area is 756 Å². The average molecular weight is 1650 g/mol. The minimum atomic E-state index is 0. The van der Waals surface area contributed by atoms with Gasteiger partial charge < -0.3 is 55.2 Å². The number of hydrogen-bond donors (Lipinski definition) is 8. The van der Waals surface area contributed by atoms with Crippen LogP contribution in [0.5, 0.6) is 0 Å². The maximum absolute atomic E-state index is 12.2. The molecule has 14 unspecified atom stereocenters. The smallest absolute Gasteiger partial charge is 0.512 e. The first-order valence-corrected chi connectivity index (χ1v) is 52.2. The van der Waals surface area contributed by atoms with Crippen LogP contribution < -0.4 is 72.9 Å². The van der Waals surface area contributed by atoms with Crippen molar-refractivity contribution in [3.63, 3.8) is 0 Å². The van der Waals surface area contributed by atoms with Crippen molar-refractivity contribution in [3.8, 4) is 0 Å². The van der Waals surface area contributed by atoms with Crippen LogP contribution in [0.3, 0.4) is 0 Å². The normalized spacial score (nSPS) is 39.4. The van der Waals surface area contributed by atoms with Gasteiger partial charge in [0.1, 0.15) is 5.78 Å². The first-order chi connectivity index (χ1) is 55.8. The van der Waals surface area contributed by atoms with Gasteiger partial charge >= 0.3 is 29.6 Å². The molecule has 118 heavy (non-hydrogen) atoms. The van der Waals surface area contributed by atoms with E-state index in [0.717, 1.165) is 233 Å². The largest absolute Gasteiger partial charge is 1.00 e. The van der Waals surface area contributed by atoms with E-state index < -0.39 is 0 Å². The van der Waals surface area contributed by atoms with Gasteiger partial charge in [0.05, 0.1) is 0 Å². The maximum Gasteiger partial charge on any atom is 1.00 e. The molecule has 0 spiro atoms. The van der Waals surface area contributed by atoms with E-state index in [2.05, 4.69) is 136 Å². The molecular formula is C106H196BN9NaO. The Balaban J connectivity index is 0.000000218. The molecule has 10 nitrogen and oxygen atoms in total. The number of unbranched alkanes of at least 4 members (excludes halogenated alkanes) is 2. The molecule has 13 aliphatic carbocycles. The van der Waals surface area contributed by atoms with Crippen LogP contribution in [0.1, 0.15) is 399 Å². The molecule has 13 aliphatic rings. The summed E-state index contributed by atoms with van der Waals surface area (Å²) in [5, 5.41) is 28.5. The number of carbonyl (C=O) groups excluding carboxylic acids is 1. The third-order valence-corrected chi connectivity index (χ3v) is 39.2. The fourth-order valence-electron chi connectivity index (χ4n) is 32.7. The summed E-state index contributed by atoms with van der Waals surface area (Å²) in [4.78, 5) is 12.2. The summed E-state index contributed by atoms with van der Waals surface area (Å²) in [6.07, 6.45) is 64.7. The molecule has 28 atom stereocenters. The van der Waals surface area contributed by atoms with Gasteiger partial charge in [-0.05, 0) is 472 Å². The van der Waals surface area contributed by atoms with Crippen molar-refractivity contribution in [1.29, 1.82) is 5.26 Å². The summed E-state index contributed by atoms with van der Waals surface area (Å²) in [5.41, 5.74) is 14.7. The van der Waals surface area contributed by atoms with E-state index in [-0.39, 0.29) is 38.0 Å². The van der Waals surface area contributed by atoms with Crippen molar-refractivity contribution in [2.45, 2.75) is 411 Å². The Hall–Kier alpha value is -0.0951. The van der Waals surface area contributed by atoms with Crippen molar-refractivity contribution in [1.82, 2.24) is 31.9 Å². The predicted molar refractivity (Wildman–Crippen MR) is 501 cm³/mol. The molecule has 0 aliphatic heterocycles. The van der Waals surface area contributed by atoms with Crippen LogP contribution in [0, 0.1) is 180 Å². The molecule has 10 N–H and O–H groups in total. The monoisotopic (exact) mass is 1650 g/mol. The average Bonchev–Trinajstić information content (AvgIpc) is 1.39. The maximum atomic E-state index is 12.2. The van der Waals surface area contributed by atoms with Crippen molar-refractivity contribution in [2.24, 2.45) is 180 Å². The zero-order chi connectivity index (χ0) is 83.3. The number of nitrogens with two attached hydrogens (primary N) is 2. The molecule has 0 aromatic carbocycles. The Morgan fingerprint density at radius 3 is 1.12 bits per heavy atom. The first-order valence-electron chi connectivity index (χ1n) is 52.2. The van der Waals surface area contributed by atoms with Gasteiger partial charge in [-0.2, -0.15) is 0 Å². The van der Waals surface area contributed by atoms with E-state index in [9.17, 15) is 4.79 Å². The van der Waals surface area contributed by atoms with Crippen LogP contribution in [0.15, 0.2) is 0 Å². The summed E-state index contributed by atoms with van der Waals surface area (Å²) in [5.74, 6) is 22.6. The molecule has 12 heteroatoms. The van der Waals surface area contributed by atoms with E-state index >= 15 is 0 Å². The zero-order valence-electron chi connectivity index (χ0n) is 81.0. The molecule has 0 aromatic heterocycles. The van der Waals surface area contributed by atoms with Crippen LogP contribution in [0.4, 0.5) is 0 Å². The Morgan fingerprint density at radius 2 is 0.686 bits per heavy atom. The van der Waals surface area contributed by atoms with E-state index in [4.69, 9.17) is 23.3 Å². The molecule has 0 bridgehead atoms. The van der Waals surface area contributed by atoms with Crippen molar-refractivity contribution in [3.05, 3.63) is 6.57 Å². The summed E-state index contributed by atoms with van der Waals surface area (Å²) < 4.78 is 0. The summed E-state index contributed by atoms with van der Waals surface area (Å²) in [6, 6.07) is 1.53. The number of nitrogens with one attached hydrogen (secondary N) is 6. The standard InChI is InChI=1S/2C37H72N4.C31H52O.CN.B.Na/c2*1-28(2)11-8-12-29(3)33-15-16-34-32-14-13-30-27-31(17-19-36(30,4)35(32)18-20-37(33,34)5)41-26-10-25-40-23-7-6-22-39-24-9-21-38;1-20(2)7-6-8-21(3)28-14-11-24-18-27-22(19-31(24,28)5)9-13-29-26(27)12-10-23-17-25(32)15-16-30(23,29)4;1-2;;/h2*28-35,39-41H,6-27,38H2,1-5H3;20-24,26-29H,6-19H2,1-5H3;;;/q;;;-1;;+1/t29?,30-,31+,32?,33+,34?,35?,36-,37+;29?,30-,31-,32?,33+,34?,35?,36-,37+;21?,22?,23-,24?,26?,27?,28+,29?,30-,31-;;;/m000.../s1.